The Morgan fingerprint density at radius 1 is 1.44 bits per heavy atom. The average molecular weight is 377 g/mol. The molecule has 4 heterocycles. The summed E-state index contributed by atoms with van der Waals surface area (Å²) in [6.45, 7) is 3.09. The van der Waals surface area contributed by atoms with Gasteiger partial charge in [-0.05, 0) is 31.1 Å². The number of aryl methyl sites for hydroxylation is 2. The molecule has 4 rings (SSSR count). The predicted octanol–water partition coefficient (Wildman–Crippen LogP) is 2.10. The van der Waals surface area contributed by atoms with Crippen molar-refractivity contribution in [3.8, 4) is 0 Å². The lowest BCUT2D eigenvalue weighted by Gasteiger charge is -2.25. The van der Waals surface area contributed by atoms with Crippen molar-refractivity contribution in [1.82, 2.24) is 19.7 Å². The van der Waals surface area contributed by atoms with Crippen LogP contribution in [-0.4, -0.2) is 43.9 Å². The zero-order valence-electron chi connectivity index (χ0n) is 14.1. The maximum absolute atomic E-state index is 12.7. The molecule has 6 nitrogen and oxygen atoms in total. The van der Waals surface area contributed by atoms with Crippen molar-refractivity contribution in [2.75, 3.05) is 12.3 Å². The number of carbonyl (C=O) groups is 1. The lowest BCUT2D eigenvalue weighted by atomic mass is 10.2. The summed E-state index contributed by atoms with van der Waals surface area (Å²) in [6, 6.07) is 1.73. The van der Waals surface area contributed by atoms with Gasteiger partial charge in [-0.25, -0.2) is 9.67 Å². The number of fused-ring (bicyclic) bond motifs is 1. The van der Waals surface area contributed by atoms with Crippen LogP contribution in [0.5, 0.6) is 0 Å². The molecule has 0 saturated carbocycles. The maximum atomic E-state index is 12.7. The van der Waals surface area contributed by atoms with Gasteiger partial charge in [0.1, 0.15) is 5.69 Å². The fourth-order valence-corrected chi connectivity index (χ4v) is 5.02. The highest BCUT2D eigenvalue weighted by Crippen LogP contribution is 2.23. The summed E-state index contributed by atoms with van der Waals surface area (Å²) in [7, 11) is 0. The Morgan fingerprint density at radius 2 is 2.32 bits per heavy atom. The smallest absolute Gasteiger partial charge is 0.273 e. The van der Waals surface area contributed by atoms with Gasteiger partial charge in [-0.2, -0.15) is 16.9 Å². The molecule has 2 aromatic heterocycles. The first-order valence-electron chi connectivity index (χ1n) is 8.52. The largest absolute Gasteiger partial charge is 0.332 e. The molecule has 0 aromatic carbocycles. The molecule has 1 saturated heterocycles. The molecule has 1 atom stereocenters. The van der Waals surface area contributed by atoms with E-state index in [1.165, 1.54) is 11.3 Å². The van der Waals surface area contributed by atoms with Crippen LogP contribution in [0.1, 0.15) is 39.6 Å². The minimum Gasteiger partial charge on any atom is -0.332 e. The molecule has 8 heteroatoms. The first-order valence-corrected chi connectivity index (χ1v) is 10.6. The van der Waals surface area contributed by atoms with Gasteiger partial charge in [0, 0.05) is 30.2 Å². The van der Waals surface area contributed by atoms with Crippen LogP contribution in [0.3, 0.4) is 0 Å². The van der Waals surface area contributed by atoms with Gasteiger partial charge < -0.3 is 4.90 Å². The molecule has 2 aliphatic heterocycles. The predicted molar refractivity (Wildman–Crippen MR) is 99.3 cm³/mol. The maximum Gasteiger partial charge on any atom is 0.273 e. The van der Waals surface area contributed by atoms with Crippen molar-refractivity contribution in [2.24, 2.45) is 0 Å². The number of rotatable bonds is 3. The van der Waals surface area contributed by atoms with Crippen molar-refractivity contribution < 1.29 is 4.79 Å². The number of thiazole rings is 1. The highest BCUT2D eigenvalue weighted by atomic mass is 32.2. The van der Waals surface area contributed by atoms with Gasteiger partial charge in [0.05, 0.1) is 23.3 Å². The van der Waals surface area contributed by atoms with Gasteiger partial charge in [0.2, 0.25) is 0 Å². The summed E-state index contributed by atoms with van der Waals surface area (Å²) in [6.07, 6.45) is 2.76. The van der Waals surface area contributed by atoms with Crippen LogP contribution >= 0.6 is 23.1 Å². The number of likely N-dealkylation sites (tertiary alicyclic amines) is 1. The SMILES string of the molecule is Cc1nc(C(=O)N2CCCC2Cn2nc3c(cc2=O)CSCC3)cs1. The van der Waals surface area contributed by atoms with Crippen molar-refractivity contribution in [2.45, 2.75) is 44.5 Å². The van der Waals surface area contributed by atoms with E-state index in [4.69, 9.17) is 0 Å². The van der Waals surface area contributed by atoms with Crippen LogP contribution in [-0.2, 0) is 18.7 Å². The summed E-state index contributed by atoms with van der Waals surface area (Å²) in [5.41, 5.74) is 2.54. The van der Waals surface area contributed by atoms with Crippen molar-refractivity contribution >= 4 is 29.0 Å². The number of hydrogen-bond donors (Lipinski definition) is 0. The standard InChI is InChI=1S/C17H20N4O2S2/c1-11-18-15(10-25-11)17(23)20-5-2-3-13(20)8-21-16(22)7-12-9-24-6-4-14(12)19-21/h7,10,13H,2-6,8-9H2,1H3. The van der Waals surface area contributed by atoms with E-state index in [1.54, 1.807) is 10.7 Å². The number of aromatic nitrogens is 3. The third kappa shape index (κ3) is 3.37. The van der Waals surface area contributed by atoms with Gasteiger partial charge in [0.15, 0.2) is 0 Å². The van der Waals surface area contributed by atoms with Gasteiger partial charge in [0.25, 0.3) is 11.5 Å². The highest BCUT2D eigenvalue weighted by Gasteiger charge is 2.31. The van der Waals surface area contributed by atoms with Crippen LogP contribution in [0.25, 0.3) is 0 Å². The molecule has 0 N–H and O–H groups in total. The molecule has 1 fully saturated rings. The van der Waals surface area contributed by atoms with Gasteiger partial charge in [-0.1, -0.05) is 0 Å². The monoisotopic (exact) mass is 376 g/mol. The number of amides is 1. The fraction of sp³-hybridized carbons (Fsp3) is 0.529. The zero-order valence-corrected chi connectivity index (χ0v) is 15.7. The summed E-state index contributed by atoms with van der Waals surface area (Å²) < 4.78 is 1.55. The second-order valence-electron chi connectivity index (χ2n) is 6.49. The van der Waals surface area contributed by atoms with Gasteiger partial charge in [-0.3, -0.25) is 9.59 Å². The number of nitrogens with zero attached hydrogens (tertiary/aromatic N) is 4. The Hall–Kier alpha value is -1.67. The van der Waals surface area contributed by atoms with Gasteiger partial charge >= 0.3 is 0 Å². The van der Waals surface area contributed by atoms with E-state index >= 15 is 0 Å². The summed E-state index contributed by atoms with van der Waals surface area (Å²) >= 11 is 3.33. The lowest BCUT2D eigenvalue weighted by Crippen LogP contribution is -2.41. The minimum absolute atomic E-state index is 0.00993. The summed E-state index contributed by atoms with van der Waals surface area (Å²) in [4.78, 5) is 31.3. The third-order valence-corrected chi connectivity index (χ3v) is 6.55. The lowest BCUT2D eigenvalue weighted by molar-refractivity contribution is 0.0715. The Kier molecular flexibility index (Phi) is 4.64. The molecule has 2 aromatic rings. The highest BCUT2D eigenvalue weighted by molar-refractivity contribution is 7.98. The fourth-order valence-electron chi connectivity index (χ4n) is 3.48. The van der Waals surface area contributed by atoms with Crippen LogP contribution in [0, 0.1) is 6.92 Å². The summed E-state index contributed by atoms with van der Waals surface area (Å²) in [5, 5.41) is 7.29. The molecule has 0 spiro atoms. The van der Waals surface area contributed by atoms with E-state index in [0.717, 1.165) is 53.6 Å². The molecule has 0 aliphatic carbocycles. The number of hydrogen-bond acceptors (Lipinski definition) is 6. The zero-order chi connectivity index (χ0) is 17.4. The van der Waals surface area contributed by atoms with E-state index in [2.05, 4.69) is 10.1 Å². The average Bonchev–Trinajstić information content (AvgIpc) is 3.24. The van der Waals surface area contributed by atoms with E-state index in [9.17, 15) is 9.59 Å². The minimum atomic E-state index is -0.0648. The molecule has 1 amide bonds. The van der Waals surface area contributed by atoms with Crippen LogP contribution in [0.2, 0.25) is 0 Å². The Bertz CT molecular complexity index is 861. The van der Waals surface area contributed by atoms with Crippen molar-refractivity contribution in [3.63, 3.8) is 0 Å². The van der Waals surface area contributed by atoms with Crippen LogP contribution < -0.4 is 5.56 Å². The van der Waals surface area contributed by atoms with Crippen LogP contribution in [0.4, 0.5) is 0 Å². The second-order valence-corrected chi connectivity index (χ2v) is 8.65. The second kappa shape index (κ2) is 6.92. The molecular formula is C17H20N4O2S2. The molecule has 1 unspecified atom stereocenters. The quantitative estimate of drug-likeness (QED) is 0.821. The molecule has 0 radical (unpaired) electrons. The number of carbonyl (C=O) groups excluding carboxylic acids is 1. The topological polar surface area (TPSA) is 68.1 Å². The molecule has 25 heavy (non-hydrogen) atoms. The Labute approximate surface area is 154 Å². The van der Waals surface area contributed by atoms with Crippen LogP contribution in [0.15, 0.2) is 16.2 Å². The first kappa shape index (κ1) is 16.8. The van der Waals surface area contributed by atoms with E-state index in [1.807, 2.05) is 29.0 Å². The van der Waals surface area contributed by atoms with Crippen molar-refractivity contribution in [3.05, 3.63) is 43.8 Å². The molecule has 132 valence electrons. The Balaban J connectivity index is 1.55. The third-order valence-electron chi connectivity index (χ3n) is 4.76. The molecule has 0 bridgehead atoms. The molecular weight excluding hydrogens is 356 g/mol. The normalized spacial score (nSPS) is 19.9. The van der Waals surface area contributed by atoms with E-state index < -0.39 is 0 Å². The molecule has 2 aliphatic rings. The Morgan fingerprint density at radius 3 is 3.12 bits per heavy atom. The summed E-state index contributed by atoms with van der Waals surface area (Å²) in [5.74, 6) is 1.89. The van der Waals surface area contributed by atoms with E-state index in [0.29, 0.717) is 12.2 Å². The van der Waals surface area contributed by atoms with Crippen molar-refractivity contribution in [1.29, 1.82) is 0 Å². The first-order chi connectivity index (χ1) is 12.1. The van der Waals surface area contributed by atoms with Gasteiger partial charge in [-0.15, -0.1) is 11.3 Å². The van der Waals surface area contributed by atoms with E-state index in [-0.39, 0.29) is 17.5 Å². The number of thioether (sulfide) groups is 1.